The molecule has 66 valence electrons. The molecule has 0 saturated heterocycles. The number of aromatic nitrogens is 1. The number of carbonyl (C=O) groups is 1. The van der Waals surface area contributed by atoms with E-state index in [0.29, 0.717) is 5.01 Å². The van der Waals surface area contributed by atoms with Gasteiger partial charge in [-0.1, -0.05) is 0 Å². The van der Waals surface area contributed by atoms with Crippen molar-refractivity contribution < 1.29 is 9.53 Å². The maximum atomic E-state index is 11.4. The number of ether oxygens (including phenoxy) is 1. The summed E-state index contributed by atoms with van der Waals surface area (Å²) in [6.07, 6.45) is -0.393. The van der Waals surface area contributed by atoms with Gasteiger partial charge in [0.1, 0.15) is 6.10 Å². The van der Waals surface area contributed by atoms with Crippen LogP contribution in [0, 0.1) is 6.92 Å². The Balaban J connectivity index is 2.78. The van der Waals surface area contributed by atoms with E-state index in [1.54, 1.807) is 6.92 Å². The van der Waals surface area contributed by atoms with Crippen LogP contribution in [0.3, 0.4) is 0 Å². The molecule has 0 radical (unpaired) electrons. The lowest BCUT2D eigenvalue weighted by Gasteiger charge is -2.04. The highest BCUT2D eigenvalue weighted by Gasteiger charge is 2.16. The molecular formula is C8H11NO2S. The van der Waals surface area contributed by atoms with E-state index in [1.807, 2.05) is 12.3 Å². The van der Waals surface area contributed by atoms with Gasteiger partial charge in [0.25, 0.3) is 0 Å². The van der Waals surface area contributed by atoms with E-state index < -0.39 is 6.10 Å². The molecule has 1 unspecified atom stereocenters. The van der Waals surface area contributed by atoms with Crippen LogP contribution in [0.15, 0.2) is 5.38 Å². The molecule has 0 amide bonds. The highest BCUT2D eigenvalue weighted by Crippen LogP contribution is 2.11. The standard InChI is InChI=1S/C8H11NO2S/c1-5-4-12-8(9-5)7(10)6(2)11-3/h4,6H,1-3H3. The normalized spacial score (nSPS) is 12.9. The average Bonchev–Trinajstić information content (AvgIpc) is 2.49. The number of hydrogen-bond donors (Lipinski definition) is 0. The van der Waals surface area contributed by atoms with E-state index in [2.05, 4.69) is 4.98 Å². The van der Waals surface area contributed by atoms with Gasteiger partial charge in [-0.2, -0.15) is 0 Å². The largest absolute Gasteiger partial charge is 0.373 e. The molecule has 0 N–H and O–H groups in total. The van der Waals surface area contributed by atoms with Crippen molar-refractivity contribution in [3.8, 4) is 0 Å². The summed E-state index contributed by atoms with van der Waals surface area (Å²) in [4.78, 5) is 15.5. The number of aryl methyl sites for hydroxylation is 1. The number of methoxy groups -OCH3 is 1. The highest BCUT2D eigenvalue weighted by molar-refractivity contribution is 7.11. The van der Waals surface area contributed by atoms with Gasteiger partial charge in [-0.25, -0.2) is 4.98 Å². The van der Waals surface area contributed by atoms with E-state index in [-0.39, 0.29) is 5.78 Å². The molecule has 0 saturated carbocycles. The molecule has 0 aliphatic rings. The van der Waals surface area contributed by atoms with Crippen LogP contribution in [0.2, 0.25) is 0 Å². The van der Waals surface area contributed by atoms with Crippen LogP contribution >= 0.6 is 11.3 Å². The Morgan fingerprint density at radius 2 is 2.42 bits per heavy atom. The van der Waals surface area contributed by atoms with Crippen molar-refractivity contribution in [2.75, 3.05) is 7.11 Å². The summed E-state index contributed by atoms with van der Waals surface area (Å²) in [5.74, 6) is -0.0457. The molecule has 0 aromatic carbocycles. The zero-order chi connectivity index (χ0) is 9.14. The summed E-state index contributed by atoms with van der Waals surface area (Å²) < 4.78 is 4.89. The third kappa shape index (κ3) is 1.89. The number of hydrogen-bond acceptors (Lipinski definition) is 4. The first-order chi connectivity index (χ1) is 5.65. The van der Waals surface area contributed by atoms with Crippen LogP contribution in [-0.2, 0) is 4.74 Å². The lowest BCUT2D eigenvalue weighted by molar-refractivity contribution is 0.0655. The molecule has 0 bridgehead atoms. The fourth-order valence-corrected chi connectivity index (χ4v) is 1.56. The maximum Gasteiger partial charge on any atom is 0.219 e. The fourth-order valence-electron chi connectivity index (χ4n) is 0.748. The zero-order valence-electron chi connectivity index (χ0n) is 7.33. The molecule has 3 nitrogen and oxygen atoms in total. The van der Waals surface area contributed by atoms with Gasteiger partial charge in [-0.05, 0) is 13.8 Å². The van der Waals surface area contributed by atoms with Gasteiger partial charge in [0.05, 0.1) is 0 Å². The second-order valence-corrected chi connectivity index (χ2v) is 3.39. The number of ketones is 1. The molecule has 4 heteroatoms. The summed E-state index contributed by atoms with van der Waals surface area (Å²) in [6.45, 7) is 3.59. The van der Waals surface area contributed by atoms with Crippen molar-refractivity contribution >= 4 is 17.1 Å². The number of carbonyl (C=O) groups excluding carboxylic acids is 1. The summed E-state index contributed by atoms with van der Waals surface area (Å²) >= 11 is 1.36. The van der Waals surface area contributed by atoms with E-state index in [9.17, 15) is 4.79 Å². The first kappa shape index (κ1) is 9.35. The minimum atomic E-state index is -0.393. The third-order valence-corrected chi connectivity index (χ3v) is 2.53. The van der Waals surface area contributed by atoms with Crippen LogP contribution in [-0.4, -0.2) is 24.0 Å². The second-order valence-electron chi connectivity index (χ2n) is 2.54. The molecule has 1 atom stereocenters. The topological polar surface area (TPSA) is 39.2 Å². The Morgan fingerprint density at radius 1 is 1.75 bits per heavy atom. The summed E-state index contributed by atoms with van der Waals surface area (Å²) in [5, 5.41) is 2.39. The molecule has 0 spiro atoms. The minimum Gasteiger partial charge on any atom is -0.373 e. The first-order valence-electron chi connectivity index (χ1n) is 3.64. The second kappa shape index (κ2) is 3.78. The van der Waals surface area contributed by atoms with Gasteiger partial charge in [0.15, 0.2) is 5.01 Å². The molecule has 0 aliphatic carbocycles. The molecular weight excluding hydrogens is 174 g/mol. The molecule has 1 rings (SSSR count). The first-order valence-corrected chi connectivity index (χ1v) is 4.52. The monoisotopic (exact) mass is 185 g/mol. The Morgan fingerprint density at radius 3 is 2.83 bits per heavy atom. The Kier molecular flexibility index (Phi) is 2.94. The smallest absolute Gasteiger partial charge is 0.219 e. The number of rotatable bonds is 3. The Bertz CT molecular complexity index is 282. The van der Waals surface area contributed by atoms with E-state index >= 15 is 0 Å². The molecule has 1 heterocycles. The van der Waals surface area contributed by atoms with Crippen LogP contribution < -0.4 is 0 Å². The van der Waals surface area contributed by atoms with E-state index in [1.165, 1.54) is 18.4 Å². The highest BCUT2D eigenvalue weighted by atomic mass is 32.1. The predicted octanol–water partition coefficient (Wildman–Crippen LogP) is 1.67. The van der Waals surface area contributed by atoms with Gasteiger partial charge in [-0.15, -0.1) is 11.3 Å². The lowest BCUT2D eigenvalue weighted by Crippen LogP contribution is -2.18. The summed E-state index contributed by atoms with van der Waals surface area (Å²) in [7, 11) is 1.52. The van der Waals surface area contributed by atoms with Gasteiger partial charge < -0.3 is 4.74 Å². The zero-order valence-corrected chi connectivity index (χ0v) is 8.14. The Labute approximate surface area is 75.4 Å². The van der Waals surface area contributed by atoms with Gasteiger partial charge in [0.2, 0.25) is 5.78 Å². The quantitative estimate of drug-likeness (QED) is 0.672. The van der Waals surface area contributed by atoms with E-state index in [4.69, 9.17) is 4.74 Å². The number of Topliss-reactive ketones (excluding diaryl/α,β-unsaturated/α-hetero) is 1. The average molecular weight is 185 g/mol. The van der Waals surface area contributed by atoms with Crippen LogP contribution in [0.25, 0.3) is 0 Å². The summed E-state index contributed by atoms with van der Waals surface area (Å²) in [6, 6.07) is 0. The number of thiazole rings is 1. The number of nitrogens with zero attached hydrogens (tertiary/aromatic N) is 1. The van der Waals surface area contributed by atoms with Crippen LogP contribution in [0.1, 0.15) is 22.4 Å². The van der Waals surface area contributed by atoms with Crippen molar-refractivity contribution in [3.05, 3.63) is 16.1 Å². The van der Waals surface area contributed by atoms with Crippen molar-refractivity contribution in [1.82, 2.24) is 4.98 Å². The van der Waals surface area contributed by atoms with Crippen molar-refractivity contribution in [3.63, 3.8) is 0 Å². The third-order valence-electron chi connectivity index (χ3n) is 1.55. The van der Waals surface area contributed by atoms with Crippen molar-refractivity contribution in [2.24, 2.45) is 0 Å². The van der Waals surface area contributed by atoms with Crippen molar-refractivity contribution in [1.29, 1.82) is 0 Å². The predicted molar refractivity (Wildman–Crippen MR) is 47.7 cm³/mol. The molecule has 0 aliphatic heterocycles. The fraction of sp³-hybridized carbons (Fsp3) is 0.500. The molecule has 0 fully saturated rings. The molecule has 1 aromatic rings. The van der Waals surface area contributed by atoms with Gasteiger partial charge in [0, 0.05) is 18.2 Å². The van der Waals surface area contributed by atoms with Gasteiger partial charge in [-0.3, -0.25) is 4.79 Å². The Hall–Kier alpha value is -0.740. The molecule has 1 aromatic heterocycles. The van der Waals surface area contributed by atoms with Crippen LogP contribution in [0.4, 0.5) is 0 Å². The lowest BCUT2D eigenvalue weighted by atomic mass is 10.3. The SMILES string of the molecule is COC(C)C(=O)c1nc(C)cs1. The minimum absolute atomic E-state index is 0.0457. The summed E-state index contributed by atoms with van der Waals surface area (Å²) in [5.41, 5.74) is 0.881. The maximum absolute atomic E-state index is 11.4. The van der Waals surface area contributed by atoms with Crippen molar-refractivity contribution in [2.45, 2.75) is 20.0 Å². The van der Waals surface area contributed by atoms with E-state index in [0.717, 1.165) is 5.69 Å². The molecule has 12 heavy (non-hydrogen) atoms. The van der Waals surface area contributed by atoms with Crippen LogP contribution in [0.5, 0.6) is 0 Å². The van der Waals surface area contributed by atoms with Gasteiger partial charge >= 0.3 is 0 Å².